The monoisotopic (exact) mass is 367 g/mol. The number of nitrogens with one attached hydrogen (secondary N) is 2. The van der Waals surface area contributed by atoms with Gasteiger partial charge in [-0.2, -0.15) is 0 Å². The van der Waals surface area contributed by atoms with E-state index in [9.17, 15) is 9.59 Å². The zero-order valence-electron chi connectivity index (χ0n) is 13.9. The first kappa shape index (κ1) is 17.8. The third kappa shape index (κ3) is 4.52. The summed E-state index contributed by atoms with van der Waals surface area (Å²) in [5.41, 5.74) is 6.69. The Hall–Kier alpha value is -3.05. The van der Waals surface area contributed by atoms with Gasteiger partial charge in [0.1, 0.15) is 0 Å². The lowest BCUT2D eigenvalue weighted by molar-refractivity contribution is -0.116. The Morgan fingerprint density at radius 3 is 2.35 bits per heavy atom. The zero-order valence-corrected chi connectivity index (χ0v) is 14.7. The fraction of sp³-hybridized carbons (Fsp3) is 0.100. The first-order valence-corrected chi connectivity index (χ1v) is 8.49. The van der Waals surface area contributed by atoms with E-state index >= 15 is 0 Å². The van der Waals surface area contributed by atoms with E-state index in [1.165, 1.54) is 0 Å². The number of hydrogen-bond donors (Lipinski definition) is 3. The Morgan fingerprint density at radius 1 is 0.962 bits per heavy atom. The molecule has 0 saturated heterocycles. The van der Waals surface area contributed by atoms with Crippen molar-refractivity contribution >= 4 is 40.0 Å². The maximum atomic E-state index is 12.5. The van der Waals surface area contributed by atoms with Gasteiger partial charge in [-0.15, -0.1) is 0 Å². The number of anilines is 1. The first-order chi connectivity index (χ1) is 12.5. The van der Waals surface area contributed by atoms with Crippen molar-refractivity contribution in [1.29, 1.82) is 0 Å². The minimum Gasteiger partial charge on any atom is -0.352 e. The summed E-state index contributed by atoms with van der Waals surface area (Å²) in [5, 5.41) is 8.17. The van der Waals surface area contributed by atoms with Crippen LogP contribution in [-0.2, 0) is 4.79 Å². The minimum atomic E-state index is -0.691. The largest absolute Gasteiger partial charge is 0.352 e. The highest BCUT2D eigenvalue weighted by molar-refractivity contribution is 6.30. The van der Waals surface area contributed by atoms with Crippen molar-refractivity contribution in [1.82, 2.24) is 5.32 Å². The average molecular weight is 368 g/mol. The van der Waals surface area contributed by atoms with E-state index in [2.05, 4.69) is 10.6 Å². The van der Waals surface area contributed by atoms with Gasteiger partial charge in [-0.25, -0.2) is 4.79 Å². The normalized spacial score (nSPS) is 11.7. The Kier molecular flexibility index (Phi) is 5.39. The quantitative estimate of drug-likeness (QED) is 0.630. The van der Waals surface area contributed by atoms with Crippen LogP contribution in [0.15, 0.2) is 66.7 Å². The van der Waals surface area contributed by atoms with Crippen molar-refractivity contribution in [3.8, 4) is 0 Å². The van der Waals surface area contributed by atoms with E-state index < -0.39 is 12.1 Å². The van der Waals surface area contributed by atoms with Crippen molar-refractivity contribution in [3.63, 3.8) is 0 Å². The van der Waals surface area contributed by atoms with Gasteiger partial charge in [0.15, 0.2) is 0 Å². The molecule has 0 aliphatic carbocycles. The molecule has 1 atom stereocenters. The molecule has 3 rings (SSSR count). The summed E-state index contributed by atoms with van der Waals surface area (Å²) in [4.78, 5) is 23.7. The molecule has 0 bridgehead atoms. The topological polar surface area (TPSA) is 84.2 Å². The highest BCUT2D eigenvalue weighted by atomic mass is 35.5. The van der Waals surface area contributed by atoms with Gasteiger partial charge >= 0.3 is 6.03 Å². The number of rotatable bonds is 5. The van der Waals surface area contributed by atoms with E-state index in [1.807, 2.05) is 42.5 Å². The van der Waals surface area contributed by atoms with E-state index in [0.29, 0.717) is 10.7 Å². The molecule has 3 aromatic rings. The van der Waals surface area contributed by atoms with Crippen LogP contribution in [0.5, 0.6) is 0 Å². The van der Waals surface area contributed by atoms with Crippen LogP contribution >= 0.6 is 11.6 Å². The second-order valence-corrected chi connectivity index (χ2v) is 6.36. The fourth-order valence-corrected chi connectivity index (χ4v) is 2.91. The van der Waals surface area contributed by atoms with Crippen LogP contribution in [0.1, 0.15) is 18.0 Å². The highest BCUT2D eigenvalue weighted by Gasteiger charge is 2.17. The third-order valence-corrected chi connectivity index (χ3v) is 4.26. The highest BCUT2D eigenvalue weighted by Crippen LogP contribution is 2.22. The van der Waals surface area contributed by atoms with Crippen LogP contribution in [-0.4, -0.2) is 11.9 Å². The molecule has 0 fully saturated rings. The summed E-state index contributed by atoms with van der Waals surface area (Å²) >= 11 is 5.89. The Morgan fingerprint density at radius 2 is 1.65 bits per heavy atom. The molecular formula is C20H18ClN3O2. The van der Waals surface area contributed by atoms with Crippen LogP contribution in [0.4, 0.5) is 10.5 Å². The molecule has 3 amide bonds. The maximum absolute atomic E-state index is 12.5. The minimum absolute atomic E-state index is 0.0530. The van der Waals surface area contributed by atoms with Crippen LogP contribution in [0.2, 0.25) is 5.02 Å². The molecule has 6 heteroatoms. The number of fused-ring (bicyclic) bond motifs is 1. The number of carbonyl (C=O) groups excluding carboxylic acids is 2. The standard InChI is InChI=1S/C20H18ClN3O2/c21-16-8-5-14(6-9-16)18(24-20(22)26)12-19(25)23-17-10-7-13-3-1-2-4-15(13)11-17/h1-11,18H,12H2,(H,23,25)(H3,22,24,26)/t18-/m0/s1. The number of hydrogen-bond acceptors (Lipinski definition) is 2. The molecule has 0 aliphatic rings. The Balaban J connectivity index is 1.73. The lowest BCUT2D eigenvalue weighted by atomic mass is 10.0. The molecule has 132 valence electrons. The summed E-state index contributed by atoms with van der Waals surface area (Å²) in [6, 6.07) is 19.3. The Labute approximate surface area is 156 Å². The number of benzene rings is 3. The molecule has 0 aromatic heterocycles. The molecule has 0 spiro atoms. The second-order valence-electron chi connectivity index (χ2n) is 5.93. The lowest BCUT2D eigenvalue weighted by Gasteiger charge is -2.18. The van der Waals surface area contributed by atoms with Crippen molar-refractivity contribution in [2.24, 2.45) is 5.73 Å². The zero-order chi connectivity index (χ0) is 18.5. The van der Waals surface area contributed by atoms with E-state index in [-0.39, 0.29) is 12.3 Å². The fourth-order valence-electron chi connectivity index (χ4n) is 2.78. The van der Waals surface area contributed by atoms with Crippen LogP contribution < -0.4 is 16.4 Å². The summed E-state index contributed by atoms with van der Waals surface area (Å²) < 4.78 is 0. The molecule has 0 saturated carbocycles. The van der Waals surface area contributed by atoms with E-state index in [0.717, 1.165) is 16.3 Å². The maximum Gasteiger partial charge on any atom is 0.312 e. The summed E-state index contributed by atoms with van der Waals surface area (Å²) in [7, 11) is 0. The number of nitrogens with two attached hydrogens (primary N) is 1. The van der Waals surface area contributed by atoms with Gasteiger partial charge in [0, 0.05) is 10.7 Å². The number of carbonyl (C=O) groups is 2. The van der Waals surface area contributed by atoms with E-state index in [4.69, 9.17) is 17.3 Å². The van der Waals surface area contributed by atoms with Gasteiger partial charge in [-0.05, 0) is 40.6 Å². The molecule has 4 N–H and O–H groups in total. The number of amides is 3. The molecule has 0 heterocycles. The molecule has 5 nitrogen and oxygen atoms in total. The molecule has 3 aromatic carbocycles. The first-order valence-electron chi connectivity index (χ1n) is 8.11. The average Bonchev–Trinajstić information content (AvgIpc) is 2.61. The number of halogens is 1. The number of urea groups is 1. The molecule has 26 heavy (non-hydrogen) atoms. The van der Waals surface area contributed by atoms with Crippen LogP contribution in [0, 0.1) is 0 Å². The van der Waals surface area contributed by atoms with E-state index in [1.54, 1.807) is 24.3 Å². The van der Waals surface area contributed by atoms with Crippen molar-refractivity contribution in [2.45, 2.75) is 12.5 Å². The predicted molar refractivity (Wildman–Crippen MR) is 104 cm³/mol. The van der Waals surface area contributed by atoms with Crippen molar-refractivity contribution in [2.75, 3.05) is 5.32 Å². The van der Waals surface area contributed by atoms with Gasteiger partial charge in [0.25, 0.3) is 0 Å². The van der Waals surface area contributed by atoms with Gasteiger partial charge < -0.3 is 16.4 Å². The summed E-state index contributed by atoms with van der Waals surface area (Å²) in [6.45, 7) is 0. The molecule has 0 radical (unpaired) electrons. The molecule has 0 aliphatic heterocycles. The lowest BCUT2D eigenvalue weighted by Crippen LogP contribution is -2.35. The second kappa shape index (κ2) is 7.89. The molecular weight excluding hydrogens is 350 g/mol. The van der Waals surface area contributed by atoms with Crippen molar-refractivity contribution in [3.05, 3.63) is 77.3 Å². The Bertz CT molecular complexity index is 941. The smallest absolute Gasteiger partial charge is 0.312 e. The van der Waals surface area contributed by atoms with Crippen LogP contribution in [0.25, 0.3) is 10.8 Å². The summed E-state index contributed by atoms with van der Waals surface area (Å²) in [6.07, 6.45) is 0.0530. The predicted octanol–water partition coefficient (Wildman–Crippen LogP) is 4.23. The third-order valence-electron chi connectivity index (χ3n) is 4.01. The molecule has 0 unspecified atom stereocenters. The SMILES string of the molecule is NC(=O)N[C@@H](CC(=O)Nc1ccc2ccccc2c1)c1ccc(Cl)cc1. The van der Waals surface area contributed by atoms with Crippen molar-refractivity contribution < 1.29 is 9.59 Å². The van der Waals surface area contributed by atoms with Gasteiger partial charge in [-0.3, -0.25) is 4.79 Å². The van der Waals surface area contributed by atoms with Gasteiger partial charge in [-0.1, -0.05) is 54.1 Å². The van der Waals surface area contributed by atoms with Gasteiger partial charge in [0.05, 0.1) is 12.5 Å². The number of primary amides is 1. The van der Waals surface area contributed by atoms with Gasteiger partial charge in [0.2, 0.25) is 5.91 Å². The van der Waals surface area contributed by atoms with Crippen LogP contribution in [0.3, 0.4) is 0 Å². The summed E-state index contributed by atoms with van der Waals surface area (Å²) in [5.74, 6) is -0.228.